The molecule has 1 aromatic rings. The number of benzene rings is 1. The summed E-state index contributed by atoms with van der Waals surface area (Å²) in [7, 11) is 0. The van der Waals surface area contributed by atoms with Gasteiger partial charge in [-0.05, 0) is 31.4 Å². The number of nitrogens with one attached hydrogen (secondary N) is 1. The van der Waals surface area contributed by atoms with Gasteiger partial charge in [-0.15, -0.1) is 0 Å². The van der Waals surface area contributed by atoms with E-state index in [1.165, 1.54) is 0 Å². The summed E-state index contributed by atoms with van der Waals surface area (Å²) in [4.78, 5) is 12.1. The van der Waals surface area contributed by atoms with Gasteiger partial charge in [0.05, 0.1) is 17.2 Å². The third-order valence-electron chi connectivity index (χ3n) is 3.81. The highest BCUT2D eigenvalue weighted by Crippen LogP contribution is 2.40. The lowest BCUT2D eigenvalue weighted by atomic mass is 9.80. The van der Waals surface area contributed by atoms with Gasteiger partial charge in [-0.2, -0.15) is 18.4 Å². The summed E-state index contributed by atoms with van der Waals surface area (Å²) in [5, 5.41) is 11.5. The van der Waals surface area contributed by atoms with Crippen molar-refractivity contribution in [3.8, 4) is 6.07 Å². The first-order valence-electron chi connectivity index (χ1n) is 6.78. The molecular weight excluding hydrogens is 281 g/mol. The van der Waals surface area contributed by atoms with E-state index in [9.17, 15) is 18.0 Å². The Morgan fingerprint density at radius 1 is 1.29 bits per heavy atom. The Balaban J connectivity index is 2.05. The number of hydrogen-bond donors (Lipinski definition) is 1. The Bertz CT molecular complexity index is 563. The van der Waals surface area contributed by atoms with Crippen LogP contribution in [0.4, 0.5) is 18.9 Å². The molecule has 0 radical (unpaired) electrons. The molecule has 0 saturated heterocycles. The molecule has 1 fully saturated rings. The maximum atomic E-state index is 12.7. The van der Waals surface area contributed by atoms with Crippen LogP contribution in [0.3, 0.4) is 0 Å². The lowest BCUT2D eigenvalue weighted by Gasteiger charge is -2.29. The minimum Gasteiger partial charge on any atom is -0.325 e. The minimum absolute atomic E-state index is 0.0854. The molecule has 0 aliphatic heterocycles. The second kappa shape index (κ2) is 6.17. The van der Waals surface area contributed by atoms with Crippen LogP contribution in [-0.4, -0.2) is 12.1 Å². The first kappa shape index (κ1) is 15.4. The molecule has 1 aliphatic rings. The number of hydrogen-bond acceptors (Lipinski definition) is 2. The fraction of sp³-hybridized carbons (Fsp3) is 0.467. The summed E-state index contributed by atoms with van der Waals surface area (Å²) >= 11 is 0. The summed E-state index contributed by atoms with van der Waals surface area (Å²) in [6.45, 7) is 0. The van der Waals surface area contributed by atoms with E-state index in [0.29, 0.717) is 24.1 Å². The number of amides is 1. The molecule has 1 saturated carbocycles. The fourth-order valence-corrected chi connectivity index (χ4v) is 2.65. The monoisotopic (exact) mass is 296 g/mol. The van der Waals surface area contributed by atoms with Crippen molar-refractivity contribution >= 4 is 11.6 Å². The van der Waals surface area contributed by atoms with Crippen molar-refractivity contribution in [1.82, 2.24) is 0 Å². The summed E-state index contributed by atoms with van der Waals surface area (Å²) in [5.41, 5.74) is 0.646. The van der Waals surface area contributed by atoms with Crippen LogP contribution in [0.15, 0.2) is 24.3 Å². The summed E-state index contributed by atoms with van der Waals surface area (Å²) in [5.74, 6) is -2.50. The van der Waals surface area contributed by atoms with Crippen LogP contribution in [0, 0.1) is 23.2 Å². The third kappa shape index (κ3) is 3.75. The van der Waals surface area contributed by atoms with Crippen LogP contribution in [-0.2, 0) is 4.79 Å². The maximum absolute atomic E-state index is 12.7. The lowest BCUT2D eigenvalue weighted by molar-refractivity contribution is -0.185. The molecule has 1 aliphatic carbocycles. The standard InChI is InChI=1S/C15H15F3N2O/c16-15(17,18)12-6-3-5-10(8-12)14(21)20-13-7-2-1-4-11(13)9-19/h1-2,4,7,10,12H,3,5-6,8H2,(H,20,21)/t10-,12+/m1/s1. The normalized spacial score (nSPS) is 22.4. The second-order valence-electron chi connectivity index (χ2n) is 5.25. The van der Waals surface area contributed by atoms with Gasteiger partial charge in [0, 0.05) is 5.92 Å². The smallest absolute Gasteiger partial charge is 0.325 e. The molecule has 0 heterocycles. The number of carbonyl (C=O) groups is 1. The van der Waals surface area contributed by atoms with Gasteiger partial charge in [0.25, 0.3) is 0 Å². The summed E-state index contributed by atoms with van der Waals surface area (Å²) in [6.07, 6.45) is -3.50. The van der Waals surface area contributed by atoms with E-state index in [4.69, 9.17) is 5.26 Å². The van der Waals surface area contributed by atoms with Gasteiger partial charge >= 0.3 is 6.18 Å². The Morgan fingerprint density at radius 3 is 2.67 bits per heavy atom. The SMILES string of the molecule is N#Cc1ccccc1NC(=O)[C@@H]1CCC[C@H](C(F)(F)F)C1. The molecule has 1 N–H and O–H groups in total. The highest BCUT2D eigenvalue weighted by Gasteiger charge is 2.43. The molecule has 1 amide bonds. The second-order valence-corrected chi connectivity index (χ2v) is 5.25. The zero-order valence-corrected chi connectivity index (χ0v) is 11.3. The molecule has 2 atom stereocenters. The minimum atomic E-state index is -4.25. The molecule has 1 aromatic carbocycles. The lowest BCUT2D eigenvalue weighted by Crippen LogP contribution is -2.34. The molecule has 3 nitrogen and oxygen atoms in total. The zero-order valence-electron chi connectivity index (χ0n) is 11.3. The van der Waals surface area contributed by atoms with Gasteiger partial charge in [-0.25, -0.2) is 0 Å². The van der Waals surface area contributed by atoms with Crippen LogP contribution in [0.2, 0.25) is 0 Å². The average Bonchev–Trinajstić information content (AvgIpc) is 2.47. The van der Waals surface area contributed by atoms with Crippen molar-refractivity contribution in [3.05, 3.63) is 29.8 Å². The molecular formula is C15H15F3N2O. The van der Waals surface area contributed by atoms with Crippen molar-refractivity contribution in [2.45, 2.75) is 31.9 Å². The molecule has 0 aromatic heterocycles. The van der Waals surface area contributed by atoms with Gasteiger partial charge < -0.3 is 5.32 Å². The largest absolute Gasteiger partial charge is 0.391 e. The first-order chi connectivity index (χ1) is 9.91. The van der Waals surface area contributed by atoms with Crippen molar-refractivity contribution < 1.29 is 18.0 Å². The Kier molecular flexibility index (Phi) is 4.51. The van der Waals surface area contributed by atoms with Crippen molar-refractivity contribution in [3.63, 3.8) is 0 Å². The van der Waals surface area contributed by atoms with E-state index < -0.39 is 23.9 Å². The number of nitriles is 1. The van der Waals surface area contributed by atoms with Gasteiger partial charge in [0.1, 0.15) is 6.07 Å². The summed E-state index contributed by atoms with van der Waals surface area (Å²) in [6, 6.07) is 8.39. The molecule has 112 valence electrons. The molecule has 0 spiro atoms. The fourth-order valence-electron chi connectivity index (χ4n) is 2.65. The van der Waals surface area contributed by atoms with Crippen LogP contribution in [0.25, 0.3) is 0 Å². The Labute approximate surface area is 120 Å². The van der Waals surface area contributed by atoms with E-state index in [1.807, 2.05) is 6.07 Å². The number of halogens is 3. The van der Waals surface area contributed by atoms with Crippen LogP contribution in [0.5, 0.6) is 0 Å². The first-order valence-corrected chi connectivity index (χ1v) is 6.78. The Morgan fingerprint density at radius 2 is 2.00 bits per heavy atom. The van der Waals surface area contributed by atoms with Crippen molar-refractivity contribution in [2.24, 2.45) is 11.8 Å². The Hall–Kier alpha value is -2.03. The van der Waals surface area contributed by atoms with Gasteiger partial charge in [-0.1, -0.05) is 18.6 Å². The van der Waals surface area contributed by atoms with E-state index in [1.54, 1.807) is 24.3 Å². The number of anilines is 1. The predicted molar refractivity (Wildman–Crippen MR) is 71.3 cm³/mol. The number of nitrogens with zero attached hydrogens (tertiary/aromatic N) is 1. The maximum Gasteiger partial charge on any atom is 0.391 e. The molecule has 6 heteroatoms. The number of alkyl halides is 3. The van der Waals surface area contributed by atoms with Gasteiger partial charge in [-0.3, -0.25) is 4.79 Å². The predicted octanol–water partition coefficient (Wildman–Crippen LogP) is 3.87. The molecule has 21 heavy (non-hydrogen) atoms. The molecule has 0 unspecified atom stereocenters. The van der Waals surface area contributed by atoms with Gasteiger partial charge in [0.2, 0.25) is 5.91 Å². The van der Waals surface area contributed by atoms with Crippen molar-refractivity contribution in [2.75, 3.05) is 5.32 Å². The van der Waals surface area contributed by atoms with E-state index in [-0.39, 0.29) is 12.8 Å². The van der Waals surface area contributed by atoms with E-state index in [2.05, 4.69) is 5.32 Å². The van der Waals surface area contributed by atoms with E-state index >= 15 is 0 Å². The highest BCUT2D eigenvalue weighted by molar-refractivity contribution is 5.93. The average molecular weight is 296 g/mol. The van der Waals surface area contributed by atoms with E-state index in [0.717, 1.165) is 0 Å². The van der Waals surface area contributed by atoms with Crippen molar-refractivity contribution in [1.29, 1.82) is 5.26 Å². The van der Waals surface area contributed by atoms with Crippen LogP contribution < -0.4 is 5.32 Å². The summed E-state index contributed by atoms with van der Waals surface area (Å²) < 4.78 is 38.2. The third-order valence-corrected chi connectivity index (χ3v) is 3.81. The van der Waals surface area contributed by atoms with Crippen LogP contribution in [0.1, 0.15) is 31.2 Å². The topological polar surface area (TPSA) is 52.9 Å². The molecule has 0 bridgehead atoms. The number of para-hydroxylation sites is 1. The number of rotatable bonds is 2. The van der Waals surface area contributed by atoms with Crippen LogP contribution >= 0.6 is 0 Å². The van der Waals surface area contributed by atoms with Gasteiger partial charge in [0.15, 0.2) is 0 Å². The zero-order chi connectivity index (χ0) is 15.5. The quantitative estimate of drug-likeness (QED) is 0.900. The molecule has 2 rings (SSSR count). The highest BCUT2D eigenvalue weighted by atomic mass is 19.4. The number of carbonyl (C=O) groups excluding carboxylic acids is 1.